The van der Waals surface area contributed by atoms with E-state index in [-0.39, 0.29) is 61.0 Å². The van der Waals surface area contributed by atoms with Gasteiger partial charge in [0.05, 0.1) is 0 Å². The Kier molecular flexibility index (Phi) is 9.03. The molecule has 0 unspecified atom stereocenters. The van der Waals surface area contributed by atoms with E-state index >= 15 is 0 Å². The van der Waals surface area contributed by atoms with E-state index in [0.717, 1.165) is 19.3 Å². The second-order valence-electron chi connectivity index (χ2n) is 3.50. The van der Waals surface area contributed by atoms with Gasteiger partial charge in [0.25, 0.3) is 0 Å². The van der Waals surface area contributed by atoms with E-state index in [9.17, 15) is 4.79 Å². The van der Waals surface area contributed by atoms with Gasteiger partial charge in [-0.05, 0) is 32.1 Å². The molecular weight excluding hydrogens is 289 g/mol. The Bertz CT molecular complexity index is 142. The average Bonchev–Trinajstić information content (AvgIpc) is 2.06. The molecule has 0 radical (unpaired) electrons. The molecule has 0 saturated heterocycles. The summed E-state index contributed by atoms with van der Waals surface area (Å²) in [5.74, 6) is -0.00981. The summed E-state index contributed by atoms with van der Waals surface area (Å²) in [6.45, 7) is 2.00. The van der Waals surface area contributed by atoms with E-state index in [4.69, 9.17) is 4.74 Å². The van der Waals surface area contributed by atoms with Crippen molar-refractivity contribution in [2.24, 2.45) is 0 Å². The Morgan fingerprint density at radius 1 is 1.31 bits per heavy atom. The van der Waals surface area contributed by atoms with Crippen molar-refractivity contribution in [2.75, 3.05) is 0 Å². The summed E-state index contributed by atoms with van der Waals surface area (Å²) in [6.07, 6.45) is 7.63. The molecule has 0 heterocycles. The second kappa shape index (κ2) is 8.36. The number of ether oxygens (including phenoxy) is 1. The summed E-state index contributed by atoms with van der Waals surface area (Å²) in [6, 6.07) is 0. The fraction of sp³-hybridized carbons (Fsp3) is 0.900. The molecule has 1 fully saturated rings. The van der Waals surface area contributed by atoms with Crippen molar-refractivity contribution in [3.8, 4) is 0 Å². The molecule has 0 aliphatic heterocycles. The number of hydrogen-bond donors (Lipinski definition) is 0. The molecule has 3 heteroatoms. The maximum atomic E-state index is 11.1. The minimum absolute atomic E-state index is 0. The van der Waals surface area contributed by atoms with Crippen molar-refractivity contribution in [1.82, 2.24) is 0 Å². The summed E-state index contributed by atoms with van der Waals surface area (Å²) in [5.41, 5.74) is 0. The van der Waals surface area contributed by atoms with Gasteiger partial charge in [-0.3, -0.25) is 4.79 Å². The molecular formula is C10H20BaO2. The first-order valence-corrected chi connectivity index (χ1v) is 5.02. The number of hydrogen-bond acceptors (Lipinski definition) is 2. The van der Waals surface area contributed by atoms with Gasteiger partial charge in [-0.2, -0.15) is 0 Å². The molecule has 1 rings (SSSR count). The van der Waals surface area contributed by atoms with Gasteiger partial charge in [0.1, 0.15) is 6.10 Å². The Labute approximate surface area is 121 Å². The SMILES string of the molecule is CCCC(=O)OC1CCCCC1.[BaH2]. The molecule has 0 spiro atoms. The summed E-state index contributed by atoms with van der Waals surface area (Å²) in [7, 11) is 0. The molecule has 0 aromatic carbocycles. The molecule has 0 amide bonds. The van der Waals surface area contributed by atoms with Crippen molar-refractivity contribution in [3.05, 3.63) is 0 Å². The zero-order valence-corrected chi connectivity index (χ0v) is 7.84. The zero-order valence-electron chi connectivity index (χ0n) is 7.84. The van der Waals surface area contributed by atoms with Crippen LogP contribution in [0, 0.1) is 0 Å². The molecule has 13 heavy (non-hydrogen) atoms. The third-order valence-corrected chi connectivity index (χ3v) is 2.30. The summed E-state index contributed by atoms with van der Waals surface area (Å²) < 4.78 is 5.29. The molecule has 1 aliphatic rings. The standard InChI is InChI=1S/C10H18O2.Ba.2H/c1-2-6-10(11)12-9-7-4-3-5-8-9;;;/h9H,2-8H2,1H3;;;. The minimum atomic E-state index is -0.00981. The number of esters is 1. The first-order chi connectivity index (χ1) is 5.83. The molecule has 0 N–H and O–H groups in total. The van der Waals surface area contributed by atoms with E-state index in [1.54, 1.807) is 0 Å². The average molecular weight is 310 g/mol. The van der Waals surface area contributed by atoms with Crippen molar-refractivity contribution < 1.29 is 9.53 Å². The predicted octanol–water partition coefficient (Wildman–Crippen LogP) is 1.75. The van der Waals surface area contributed by atoms with Crippen molar-refractivity contribution in [2.45, 2.75) is 58.0 Å². The van der Waals surface area contributed by atoms with Crippen LogP contribution in [0.25, 0.3) is 0 Å². The van der Waals surface area contributed by atoms with E-state index in [1.807, 2.05) is 6.92 Å². The quantitative estimate of drug-likeness (QED) is 0.586. The van der Waals surface area contributed by atoms with Crippen LogP contribution in [0.4, 0.5) is 0 Å². The van der Waals surface area contributed by atoms with Crippen LogP contribution in [0.3, 0.4) is 0 Å². The van der Waals surface area contributed by atoms with Crippen LogP contribution in [-0.4, -0.2) is 61.0 Å². The predicted molar refractivity (Wildman–Crippen MR) is 56.4 cm³/mol. The van der Waals surface area contributed by atoms with Gasteiger partial charge in [0, 0.05) is 6.42 Å². The summed E-state index contributed by atoms with van der Waals surface area (Å²) in [5, 5.41) is 0. The van der Waals surface area contributed by atoms with Crippen molar-refractivity contribution in [1.29, 1.82) is 0 Å². The third-order valence-electron chi connectivity index (χ3n) is 2.30. The summed E-state index contributed by atoms with van der Waals surface area (Å²) >= 11 is 0. The zero-order chi connectivity index (χ0) is 8.81. The second-order valence-corrected chi connectivity index (χ2v) is 3.50. The first kappa shape index (κ1) is 14.0. The molecule has 0 aromatic heterocycles. The van der Waals surface area contributed by atoms with Crippen LogP contribution in [0.1, 0.15) is 51.9 Å². The summed E-state index contributed by atoms with van der Waals surface area (Å²) in [4.78, 5) is 11.1. The number of rotatable bonds is 3. The molecule has 2 nitrogen and oxygen atoms in total. The van der Waals surface area contributed by atoms with Gasteiger partial charge in [-0.15, -0.1) is 0 Å². The molecule has 0 bridgehead atoms. The molecule has 1 saturated carbocycles. The molecule has 1 aliphatic carbocycles. The van der Waals surface area contributed by atoms with Gasteiger partial charge in [-0.1, -0.05) is 13.3 Å². The van der Waals surface area contributed by atoms with Gasteiger partial charge < -0.3 is 4.74 Å². The van der Waals surface area contributed by atoms with Crippen LogP contribution in [0.5, 0.6) is 0 Å². The van der Waals surface area contributed by atoms with Gasteiger partial charge >= 0.3 is 54.9 Å². The Morgan fingerprint density at radius 3 is 2.46 bits per heavy atom. The Morgan fingerprint density at radius 2 is 1.92 bits per heavy atom. The number of carbonyl (C=O) groups is 1. The molecule has 0 aromatic rings. The fourth-order valence-electron chi connectivity index (χ4n) is 1.63. The maximum absolute atomic E-state index is 11.1. The molecule has 74 valence electrons. The van der Waals surface area contributed by atoms with Gasteiger partial charge in [0.2, 0.25) is 0 Å². The van der Waals surface area contributed by atoms with Crippen molar-refractivity contribution >= 4 is 54.9 Å². The van der Waals surface area contributed by atoms with E-state index in [2.05, 4.69) is 0 Å². The van der Waals surface area contributed by atoms with E-state index < -0.39 is 0 Å². The van der Waals surface area contributed by atoms with Crippen molar-refractivity contribution in [3.63, 3.8) is 0 Å². The van der Waals surface area contributed by atoms with Gasteiger partial charge in [0.15, 0.2) is 0 Å². The normalized spacial score (nSPS) is 17.6. The monoisotopic (exact) mass is 310 g/mol. The Hall–Kier alpha value is 1.04. The van der Waals surface area contributed by atoms with Crippen LogP contribution >= 0.6 is 0 Å². The Balaban J connectivity index is 0.00000144. The van der Waals surface area contributed by atoms with Crippen LogP contribution in [0.2, 0.25) is 0 Å². The first-order valence-electron chi connectivity index (χ1n) is 5.02. The third kappa shape index (κ3) is 6.18. The van der Waals surface area contributed by atoms with E-state index in [1.165, 1.54) is 19.3 Å². The van der Waals surface area contributed by atoms with Crippen LogP contribution in [-0.2, 0) is 9.53 Å². The van der Waals surface area contributed by atoms with Crippen LogP contribution < -0.4 is 0 Å². The van der Waals surface area contributed by atoms with Gasteiger partial charge in [-0.25, -0.2) is 0 Å². The van der Waals surface area contributed by atoms with E-state index in [0.29, 0.717) is 6.42 Å². The topological polar surface area (TPSA) is 26.3 Å². The fourth-order valence-corrected chi connectivity index (χ4v) is 1.63. The molecule has 0 atom stereocenters. The number of carbonyl (C=O) groups excluding carboxylic acids is 1. The van der Waals surface area contributed by atoms with Crippen LogP contribution in [0.15, 0.2) is 0 Å².